The number of thioether (sulfide) groups is 1. The maximum absolute atomic E-state index is 13.7. The van der Waals surface area contributed by atoms with Crippen molar-refractivity contribution in [1.29, 1.82) is 0 Å². The van der Waals surface area contributed by atoms with E-state index in [2.05, 4.69) is 25.8 Å². The first kappa shape index (κ1) is 23.6. The van der Waals surface area contributed by atoms with Crippen molar-refractivity contribution in [1.82, 2.24) is 25.1 Å². The highest BCUT2D eigenvalue weighted by atomic mass is 32.2. The van der Waals surface area contributed by atoms with Gasteiger partial charge in [-0.05, 0) is 19.1 Å². The van der Waals surface area contributed by atoms with Crippen LogP contribution >= 0.6 is 23.1 Å². The molecule has 0 bridgehead atoms. The molecule has 0 aliphatic carbocycles. The summed E-state index contributed by atoms with van der Waals surface area (Å²) in [7, 11) is 1.74. The molecule has 2 aromatic carbocycles. The van der Waals surface area contributed by atoms with E-state index >= 15 is 0 Å². The second-order valence-corrected chi connectivity index (χ2v) is 9.16. The second-order valence-electron chi connectivity index (χ2n) is 7.36. The molecule has 8 nitrogen and oxygen atoms in total. The van der Waals surface area contributed by atoms with Crippen LogP contribution in [0.3, 0.4) is 0 Å². The number of benzene rings is 2. The van der Waals surface area contributed by atoms with Crippen LogP contribution in [0.1, 0.15) is 21.7 Å². The Bertz CT molecular complexity index is 1320. The van der Waals surface area contributed by atoms with Crippen molar-refractivity contribution in [2.75, 3.05) is 11.1 Å². The van der Waals surface area contributed by atoms with E-state index in [4.69, 9.17) is 0 Å². The number of aromatic nitrogens is 4. The number of aryl methyl sites for hydroxylation is 1. The molecule has 0 atom stereocenters. The summed E-state index contributed by atoms with van der Waals surface area (Å²) in [6.45, 7) is 2.10. The third-order valence-corrected chi connectivity index (χ3v) is 6.66. The molecule has 34 heavy (non-hydrogen) atoms. The first-order valence-electron chi connectivity index (χ1n) is 10.3. The lowest BCUT2D eigenvalue weighted by molar-refractivity contribution is -0.113. The minimum Gasteiger partial charge on any atom is -0.345 e. The van der Waals surface area contributed by atoms with Gasteiger partial charge in [0.05, 0.1) is 23.6 Å². The Kier molecular flexibility index (Phi) is 7.33. The smallest absolute Gasteiger partial charge is 0.254 e. The molecule has 0 fully saturated rings. The molecule has 4 rings (SSSR count). The predicted octanol–water partition coefficient (Wildman–Crippen LogP) is 4.05. The Labute approximate surface area is 203 Å². The molecule has 2 heterocycles. The number of carbonyl (C=O) groups is 2. The van der Waals surface area contributed by atoms with E-state index in [1.54, 1.807) is 17.7 Å². The van der Waals surface area contributed by atoms with Gasteiger partial charge in [-0.25, -0.2) is 9.37 Å². The largest absolute Gasteiger partial charge is 0.345 e. The lowest BCUT2D eigenvalue weighted by Gasteiger charge is -2.06. The Morgan fingerprint density at radius 1 is 1.12 bits per heavy atom. The first-order chi connectivity index (χ1) is 16.4. The SMILES string of the molecule is Cc1ccc(-c2csc(NC(=O)CSc3nnc(CNC(=O)c4ccccc4F)n3C)n2)cc1. The average Bonchev–Trinajstić information content (AvgIpc) is 3.43. The standard InChI is InChI=1S/C23H21FN6O2S2/c1-14-7-9-15(10-8-14)18-12-33-22(26-18)27-20(31)13-34-23-29-28-19(30(23)2)11-25-21(32)16-5-3-4-6-17(16)24/h3-10,12H,11,13H2,1-2H3,(H,25,32)(H,26,27,31). The van der Waals surface area contributed by atoms with Crippen molar-refractivity contribution in [2.45, 2.75) is 18.6 Å². The number of hydrogen-bond donors (Lipinski definition) is 2. The number of carbonyl (C=O) groups excluding carboxylic acids is 2. The first-order valence-corrected chi connectivity index (χ1v) is 12.1. The highest BCUT2D eigenvalue weighted by Gasteiger charge is 2.15. The van der Waals surface area contributed by atoms with E-state index in [-0.39, 0.29) is 23.8 Å². The van der Waals surface area contributed by atoms with Crippen LogP contribution in [0.2, 0.25) is 0 Å². The molecule has 4 aromatic rings. The van der Waals surface area contributed by atoms with Gasteiger partial charge in [-0.15, -0.1) is 21.5 Å². The van der Waals surface area contributed by atoms with Crippen molar-refractivity contribution < 1.29 is 14.0 Å². The Hall–Kier alpha value is -3.57. The van der Waals surface area contributed by atoms with Gasteiger partial charge in [0.25, 0.3) is 5.91 Å². The number of rotatable bonds is 8. The van der Waals surface area contributed by atoms with Crippen LogP contribution in [0.5, 0.6) is 0 Å². The lowest BCUT2D eigenvalue weighted by Crippen LogP contribution is -2.25. The van der Waals surface area contributed by atoms with Crippen LogP contribution in [0, 0.1) is 12.7 Å². The highest BCUT2D eigenvalue weighted by molar-refractivity contribution is 7.99. The molecule has 0 saturated heterocycles. The normalized spacial score (nSPS) is 10.8. The number of nitrogens with zero attached hydrogens (tertiary/aromatic N) is 4. The number of nitrogens with one attached hydrogen (secondary N) is 2. The molecule has 2 aromatic heterocycles. The topological polar surface area (TPSA) is 102 Å². The van der Waals surface area contributed by atoms with Crippen molar-refractivity contribution in [3.63, 3.8) is 0 Å². The number of anilines is 1. The average molecular weight is 497 g/mol. The van der Waals surface area contributed by atoms with Gasteiger partial charge in [-0.2, -0.15) is 0 Å². The van der Waals surface area contributed by atoms with E-state index < -0.39 is 11.7 Å². The molecule has 0 saturated carbocycles. The van der Waals surface area contributed by atoms with Crippen LogP contribution in [-0.2, 0) is 18.4 Å². The van der Waals surface area contributed by atoms with Crippen molar-refractivity contribution in [3.8, 4) is 11.3 Å². The van der Waals surface area contributed by atoms with Gasteiger partial charge >= 0.3 is 0 Å². The number of halogens is 1. The van der Waals surface area contributed by atoms with Gasteiger partial charge in [0.2, 0.25) is 5.91 Å². The Morgan fingerprint density at radius 2 is 1.88 bits per heavy atom. The minimum atomic E-state index is -0.591. The summed E-state index contributed by atoms with van der Waals surface area (Å²) < 4.78 is 15.4. The molecule has 0 spiro atoms. The van der Waals surface area contributed by atoms with E-state index in [9.17, 15) is 14.0 Å². The fraction of sp³-hybridized carbons (Fsp3) is 0.174. The summed E-state index contributed by atoms with van der Waals surface area (Å²) >= 11 is 2.58. The van der Waals surface area contributed by atoms with Gasteiger partial charge < -0.3 is 15.2 Å². The zero-order chi connectivity index (χ0) is 24.1. The van der Waals surface area contributed by atoms with Crippen LogP contribution < -0.4 is 10.6 Å². The summed E-state index contributed by atoms with van der Waals surface area (Å²) in [6.07, 6.45) is 0. The monoisotopic (exact) mass is 496 g/mol. The fourth-order valence-corrected chi connectivity index (χ4v) is 4.46. The summed E-state index contributed by atoms with van der Waals surface area (Å²) in [5.74, 6) is -0.746. The van der Waals surface area contributed by atoms with E-state index in [0.29, 0.717) is 16.1 Å². The highest BCUT2D eigenvalue weighted by Crippen LogP contribution is 2.25. The van der Waals surface area contributed by atoms with Gasteiger partial charge in [0.1, 0.15) is 5.82 Å². The van der Waals surface area contributed by atoms with Crippen LogP contribution in [0.4, 0.5) is 9.52 Å². The molecule has 0 aliphatic heterocycles. The van der Waals surface area contributed by atoms with Gasteiger partial charge in [-0.1, -0.05) is 53.7 Å². The number of amides is 2. The molecule has 2 N–H and O–H groups in total. The van der Waals surface area contributed by atoms with Gasteiger partial charge in [-0.3, -0.25) is 9.59 Å². The third-order valence-electron chi connectivity index (χ3n) is 4.88. The summed E-state index contributed by atoms with van der Waals surface area (Å²) in [6, 6.07) is 13.8. The summed E-state index contributed by atoms with van der Waals surface area (Å²) in [5.41, 5.74) is 2.93. The summed E-state index contributed by atoms with van der Waals surface area (Å²) in [4.78, 5) is 29.0. The maximum Gasteiger partial charge on any atom is 0.254 e. The molecule has 11 heteroatoms. The van der Waals surface area contributed by atoms with Crippen molar-refractivity contribution in [2.24, 2.45) is 7.05 Å². The van der Waals surface area contributed by atoms with E-state index in [1.807, 2.05) is 36.6 Å². The molecule has 0 unspecified atom stereocenters. The van der Waals surface area contributed by atoms with E-state index in [1.165, 1.54) is 46.9 Å². The zero-order valence-corrected chi connectivity index (χ0v) is 20.0. The molecule has 2 amide bonds. The second kappa shape index (κ2) is 10.6. The Balaban J connectivity index is 1.29. The fourth-order valence-electron chi connectivity index (χ4n) is 3.00. The minimum absolute atomic E-state index is 0.0383. The van der Waals surface area contributed by atoms with Crippen molar-refractivity contribution in [3.05, 3.63) is 76.7 Å². The molecule has 0 aliphatic rings. The number of hydrogen-bond acceptors (Lipinski definition) is 7. The quantitative estimate of drug-likeness (QED) is 0.357. The summed E-state index contributed by atoms with van der Waals surface area (Å²) in [5, 5.41) is 16.5. The number of thiazole rings is 1. The molecule has 0 radical (unpaired) electrons. The van der Waals surface area contributed by atoms with Crippen molar-refractivity contribution >= 4 is 40.0 Å². The zero-order valence-electron chi connectivity index (χ0n) is 18.4. The lowest BCUT2D eigenvalue weighted by atomic mass is 10.1. The third kappa shape index (κ3) is 5.67. The molecular weight excluding hydrogens is 475 g/mol. The van der Waals surface area contributed by atoms with Gasteiger partial charge in [0, 0.05) is 18.0 Å². The van der Waals surface area contributed by atoms with Gasteiger partial charge in [0.15, 0.2) is 16.1 Å². The molecule has 174 valence electrons. The molecular formula is C23H21FN6O2S2. The predicted molar refractivity (Wildman–Crippen MR) is 130 cm³/mol. The van der Waals surface area contributed by atoms with E-state index in [0.717, 1.165) is 11.3 Å². The van der Waals surface area contributed by atoms with Crippen LogP contribution in [0.25, 0.3) is 11.3 Å². The maximum atomic E-state index is 13.7. The van der Waals surface area contributed by atoms with Crippen LogP contribution in [-0.4, -0.2) is 37.3 Å². The Morgan fingerprint density at radius 3 is 2.65 bits per heavy atom. The van der Waals surface area contributed by atoms with Crippen LogP contribution in [0.15, 0.2) is 59.1 Å².